The third-order valence-electron chi connectivity index (χ3n) is 5.71. The number of nitro groups is 1. The molecule has 3 aromatic carbocycles. The second-order valence-corrected chi connectivity index (χ2v) is 9.80. The number of hydrogen-bond acceptors (Lipinski definition) is 10. The molecule has 0 aliphatic rings. The molecule has 0 atom stereocenters. The molecular formula is C28H28N6O6. The van der Waals surface area contributed by atoms with Crippen LogP contribution in [0.1, 0.15) is 26.3 Å². The Kier molecular flexibility index (Phi) is 7.53. The van der Waals surface area contributed by atoms with Crippen molar-refractivity contribution >= 4 is 46.6 Å². The number of hydrogen-bond donors (Lipinski definition) is 2. The van der Waals surface area contributed by atoms with Gasteiger partial charge in [-0.25, -0.2) is 14.8 Å². The molecule has 0 bridgehead atoms. The first-order valence-corrected chi connectivity index (χ1v) is 12.1. The van der Waals surface area contributed by atoms with Crippen molar-refractivity contribution in [3.63, 3.8) is 0 Å². The van der Waals surface area contributed by atoms with Crippen LogP contribution in [0.5, 0.6) is 11.5 Å². The van der Waals surface area contributed by atoms with Crippen molar-refractivity contribution in [3.05, 3.63) is 70.3 Å². The van der Waals surface area contributed by atoms with Gasteiger partial charge in [-0.05, 0) is 57.5 Å². The third-order valence-corrected chi connectivity index (χ3v) is 5.71. The maximum Gasteiger partial charge on any atom is 0.435 e. The van der Waals surface area contributed by atoms with Crippen LogP contribution in [0.15, 0.2) is 59.7 Å². The zero-order valence-electron chi connectivity index (χ0n) is 22.6. The number of nitro benzene ring substituents is 1. The highest BCUT2D eigenvalue weighted by Gasteiger charge is 2.24. The number of nitrogens with zero attached hydrogens (tertiary/aromatic N) is 5. The molecule has 4 rings (SSSR count). The molecule has 40 heavy (non-hydrogen) atoms. The second-order valence-electron chi connectivity index (χ2n) is 9.80. The van der Waals surface area contributed by atoms with Crippen LogP contribution >= 0.6 is 0 Å². The van der Waals surface area contributed by atoms with E-state index in [-0.39, 0.29) is 23.0 Å². The van der Waals surface area contributed by atoms with Crippen molar-refractivity contribution in [1.82, 2.24) is 9.97 Å². The molecule has 1 amide bonds. The maximum atomic E-state index is 12.6. The van der Waals surface area contributed by atoms with E-state index < -0.39 is 16.6 Å². The average molecular weight is 545 g/mol. The van der Waals surface area contributed by atoms with E-state index in [1.165, 1.54) is 25.3 Å². The molecule has 12 nitrogen and oxygen atoms in total. The average Bonchev–Trinajstić information content (AvgIpc) is 2.89. The number of nitrogens with one attached hydrogen (secondary N) is 1. The van der Waals surface area contributed by atoms with Gasteiger partial charge >= 0.3 is 6.09 Å². The first kappa shape index (κ1) is 27.8. The number of methoxy groups -OCH3 is 1. The molecule has 0 spiro atoms. The lowest BCUT2D eigenvalue weighted by atomic mass is 10.1. The number of aromatic hydroxyl groups is 1. The van der Waals surface area contributed by atoms with E-state index in [9.17, 15) is 20.0 Å². The lowest BCUT2D eigenvalue weighted by molar-refractivity contribution is -0.384. The predicted molar refractivity (Wildman–Crippen MR) is 153 cm³/mol. The first-order chi connectivity index (χ1) is 18.9. The van der Waals surface area contributed by atoms with Gasteiger partial charge in [0.05, 0.1) is 23.2 Å². The fraction of sp³-hybridized carbons (Fsp3) is 0.214. The van der Waals surface area contributed by atoms with E-state index in [4.69, 9.17) is 9.47 Å². The summed E-state index contributed by atoms with van der Waals surface area (Å²) < 4.78 is 10.7. The van der Waals surface area contributed by atoms with Crippen LogP contribution in [0, 0.1) is 17.0 Å². The fourth-order valence-electron chi connectivity index (χ4n) is 3.94. The molecule has 206 valence electrons. The topological polar surface area (TPSA) is 152 Å². The fourth-order valence-corrected chi connectivity index (χ4v) is 3.94. The summed E-state index contributed by atoms with van der Waals surface area (Å²) >= 11 is 0. The third kappa shape index (κ3) is 5.90. The lowest BCUT2D eigenvalue weighted by Crippen LogP contribution is -2.33. The number of phenolic OH excluding ortho intramolecular Hbond substituents is 1. The second kappa shape index (κ2) is 10.8. The van der Waals surface area contributed by atoms with Gasteiger partial charge in [-0.1, -0.05) is 12.1 Å². The van der Waals surface area contributed by atoms with Gasteiger partial charge in [-0.2, -0.15) is 10.1 Å². The lowest BCUT2D eigenvalue weighted by Gasteiger charge is -2.25. The number of anilines is 3. The Hall–Kier alpha value is -5.26. The van der Waals surface area contributed by atoms with Gasteiger partial charge in [0, 0.05) is 41.6 Å². The first-order valence-electron chi connectivity index (χ1n) is 12.1. The number of aryl methyl sites for hydroxylation is 1. The smallest absolute Gasteiger partial charge is 0.435 e. The minimum atomic E-state index is -0.714. The van der Waals surface area contributed by atoms with Crippen molar-refractivity contribution < 1.29 is 24.3 Å². The number of carbonyl (C=O) groups is 1. The Morgan fingerprint density at radius 1 is 1.15 bits per heavy atom. The largest absolute Gasteiger partial charge is 0.504 e. The summed E-state index contributed by atoms with van der Waals surface area (Å²) in [5.41, 5.74) is 1.82. The zero-order chi connectivity index (χ0) is 29.2. The number of non-ortho nitro benzene ring substituents is 1. The van der Waals surface area contributed by atoms with Crippen molar-refractivity contribution in [2.75, 3.05) is 17.4 Å². The van der Waals surface area contributed by atoms with Crippen LogP contribution < -0.4 is 15.1 Å². The number of benzene rings is 3. The van der Waals surface area contributed by atoms with Crippen LogP contribution in [0.3, 0.4) is 0 Å². The highest BCUT2D eigenvalue weighted by Crippen LogP contribution is 2.36. The molecule has 0 unspecified atom stereocenters. The maximum absolute atomic E-state index is 12.6. The molecule has 12 heteroatoms. The molecule has 1 heterocycles. The number of hydrazone groups is 1. The number of amides is 1. The van der Waals surface area contributed by atoms with Gasteiger partial charge < -0.3 is 19.9 Å². The van der Waals surface area contributed by atoms with Crippen LogP contribution in [0.25, 0.3) is 22.3 Å². The molecule has 0 aliphatic carbocycles. The summed E-state index contributed by atoms with van der Waals surface area (Å²) in [7, 11) is 1.42. The highest BCUT2D eigenvalue weighted by molar-refractivity contribution is 5.95. The normalized spacial score (nSPS) is 11.1. The summed E-state index contributed by atoms with van der Waals surface area (Å²) in [5.74, 6) is 0.664. The van der Waals surface area contributed by atoms with Gasteiger partial charge in [0.1, 0.15) is 11.4 Å². The Labute approximate surface area is 230 Å². The van der Waals surface area contributed by atoms with E-state index in [0.29, 0.717) is 39.2 Å². The van der Waals surface area contributed by atoms with Crippen molar-refractivity contribution in [2.45, 2.75) is 33.3 Å². The predicted octanol–water partition coefficient (Wildman–Crippen LogP) is 6.33. The molecule has 0 saturated heterocycles. The van der Waals surface area contributed by atoms with E-state index >= 15 is 0 Å². The molecule has 0 aliphatic heterocycles. The van der Waals surface area contributed by atoms with Crippen molar-refractivity contribution in [1.29, 1.82) is 0 Å². The van der Waals surface area contributed by atoms with E-state index in [1.807, 2.05) is 0 Å². The summed E-state index contributed by atoms with van der Waals surface area (Å²) in [4.78, 5) is 32.7. The number of carbonyl (C=O) groups excluding carboxylic acids is 1. The number of fused-ring (bicyclic) bond motifs is 1. The van der Waals surface area contributed by atoms with Crippen molar-refractivity contribution in [3.8, 4) is 22.9 Å². The standard InChI is InChI=1S/C28H28N6O6/c1-16-12-18(10-11-22(16)33(29-5)27(36)40-28(2,3)4)30-26-20-14-23(35)24(39-6)15-21(20)31-25(32-26)17-8-7-9-19(13-17)34(37)38/h7-15,35H,5H2,1-4,6H3,(H,30,31,32). The number of ether oxygens (including phenoxy) is 2. The summed E-state index contributed by atoms with van der Waals surface area (Å²) in [5, 5.41) is 30.4. The van der Waals surface area contributed by atoms with Crippen LogP contribution in [-0.4, -0.2) is 45.5 Å². The van der Waals surface area contributed by atoms with E-state index in [1.54, 1.807) is 64.1 Å². The van der Waals surface area contributed by atoms with Gasteiger partial charge in [0.25, 0.3) is 5.69 Å². The molecule has 0 radical (unpaired) electrons. The Balaban J connectivity index is 1.78. The summed E-state index contributed by atoms with van der Waals surface area (Å²) in [6.07, 6.45) is -0.667. The molecule has 0 fully saturated rings. The minimum Gasteiger partial charge on any atom is -0.504 e. The van der Waals surface area contributed by atoms with Gasteiger partial charge in [0.15, 0.2) is 17.3 Å². The summed E-state index contributed by atoms with van der Waals surface area (Å²) in [6.45, 7) is 10.6. The Bertz CT molecular complexity index is 1630. The molecule has 4 aromatic rings. The molecule has 0 saturated carbocycles. The van der Waals surface area contributed by atoms with E-state index in [2.05, 4.69) is 27.1 Å². The zero-order valence-corrected chi connectivity index (χ0v) is 22.6. The number of phenols is 1. The van der Waals surface area contributed by atoms with Crippen LogP contribution in [0.2, 0.25) is 0 Å². The molecular weight excluding hydrogens is 516 g/mol. The number of aromatic nitrogens is 2. The molecule has 1 aromatic heterocycles. The Morgan fingerprint density at radius 3 is 2.52 bits per heavy atom. The van der Waals surface area contributed by atoms with Gasteiger partial charge in [-0.3, -0.25) is 10.1 Å². The quantitative estimate of drug-likeness (QED) is 0.154. The SMILES string of the molecule is C=NN(C(=O)OC(C)(C)C)c1ccc(Nc2nc(-c3cccc([N+](=O)[O-])c3)nc3cc(OC)c(O)cc23)cc1C. The minimum absolute atomic E-state index is 0.101. The van der Waals surface area contributed by atoms with Crippen LogP contribution in [-0.2, 0) is 4.74 Å². The Morgan fingerprint density at radius 2 is 1.90 bits per heavy atom. The molecule has 2 N–H and O–H groups in total. The van der Waals surface area contributed by atoms with Gasteiger partial charge in [0.2, 0.25) is 0 Å². The summed E-state index contributed by atoms with van der Waals surface area (Å²) in [6, 6.07) is 14.2. The van der Waals surface area contributed by atoms with Crippen molar-refractivity contribution in [2.24, 2.45) is 5.10 Å². The van der Waals surface area contributed by atoms with Gasteiger partial charge in [-0.15, -0.1) is 0 Å². The van der Waals surface area contributed by atoms with E-state index in [0.717, 1.165) is 5.01 Å². The van der Waals surface area contributed by atoms with Crippen LogP contribution in [0.4, 0.5) is 27.7 Å². The number of rotatable bonds is 7. The monoisotopic (exact) mass is 544 g/mol. The highest BCUT2D eigenvalue weighted by atomic mass is 16.6.